The van der Waals surface area contributed by atoms with Crippen molar-refractivity contribution in [3.8, 4) is 0 Å². The van der Waals surface area contributed by atoms with E-state index in [0.29, 0.717) is 18.4 Å². The Balaban J connectivity index is 1.69. The van der Waals surface area contributed by atoms with Crippen LogP contribution in [0.1, 0.15) is 32.1 Å². The third-order valence-corrected chi connectivity index (χ3v) is 4.73. The molecule has 1 atom stereocenters. The Morgan fingerprint density at radius 3 is 2.73 bits per heavy atom. The summed E-state index contributed by atoms with van der Waals surface area (Å²) < 4.78 is 5.67. The monoisotopic (exact) mass is 311 g/mol. The van der Waals surface area contributed by atoms with Gasteiger partial charge in [0.25, 0.3) is 0 Å². The van der Waals surface area contributed by atoms with Gasteiger partial charge in [-0.3, -0.25) is 9.69 Å². The zero-order valence-electron chi connectivity index (χ0n) is 14.4. The van der Waals surface area contributed by atoms with Gasteiger partial charge in [0.15, 0.2) is 0 Å². The molecule has 22 heavy (non-hydrogen) atoms. The van der Waals surface area contributed by atoms with Gasteiger partial charge >= 0.3 is 0 Å². The Bertz CT molecular complexity index is 330. The van der Waals surface area contributed by atoms with Gasteiger partial charge in [-0.2, -0.15) is 0 Å². The minimum absolute atomic E-state index is 0.177. The molecule has 0 aromatic heterocycles. The average molecular weight is 311 g/mol. The SMILES string of the molecule is CN(C)CC1COCCN(CC(=O)NCC2CCCCC2)C1. The van der Waals surface area contributed by atoms with Crippen molar-refractivity contribution in [3.63, 3.8) is 0 Å². The molecule has 2 rings (SSSR count). The van der Waals surface area contributed by atoms with E-state index in [9.17, 15) is 4.79 Å². The smallest absolute Gasteiger partial charge is 0.234 e. The van der Waals surface area contributed by atoms with E-state index < -0.39 is 0 Å². The highest BCUT2D eigenvalue weighted by Gasteiger charge is 2.21. The van der Waals surface area contributed by atoms with E-state index >= 15 is 0 Å². The lowest BCUT2D eigenvalue weighted by Crippen LogP contribution is -2.42. The van der Waals surface area contributed by atoms with Crippen LogP contribution < -0.4 is 5.32 Å². The van der Waals surface area contributed by atoms with Gasteiger partial charge in [-0.15, -0.1) is 0 Å². The maximum absolute atomic E-state index is 12.2. The zero-order chi connectivity index (χ0) is 15.8. The van der Waals surface area contributed by atoms with Crippen molar-refractivity contribution in [1.29, 1.82) is 0 Å². The van der Waals surface area contributed by atoms with Crippen LogP contribution >= 0.6 is 0 Å². The van der Waals surface area contributed by atoms with Gasteiger partial charge in [0, 0.05) is 32.1 Å². The van der Waals surface area contributed by atoms with Crippen LogP contribution in [0.25, 0.3) is 0 Å². The number of carbonyl (C=O) groups excluding carboxylic acids is 1. The van der Waals surface area contributed by atoms with E-state index in [-0.39, 0.29) is 5.91 Å². The van der Waals surface area contributed by atoms with Gasteiger partial charge in [0.05, 0.1) is 19.8 Å². The number of hydrogen-bond acceptors (Lipinski definition) is 4. The van der Waals surface area contributed by atoms with Gasteiger partial charge in [0.2, 0.25) is 5.91 Å². The number of nitrogens with zero attached hydrogens (tertiary/aromatic N) is 2. The Hall–Kier alpha value is -0.650. The van der Waals surface area contributed by atoms with Crippen molar-refractivity contribution >= 4 is 5.91 Å². The summed E-state index contributed by atoms with van der Waals surface area (Å²) in [4.78, 5) is 16.6. The standard InChI is InChI=1S/C17H33N3O2/c1-19(2)11-16-12-20(8-9-22-14-16)13-17(21)18-10-15-6-4-3-5-7-15/h15-16H,3-14H2,1-2H3,(H,18,21). The molecule has 0 spiro atoms. The van der Waals surface area contributed by atoms with Gasteiger partial charge in [-0.1, -0.05) is 19.3 Å². The number of ether oxygens (including phenoxy) is 1. The minimum atomic E-state index is 0.177. The van der Waals surface area contributed by atoms with Gasteiger partial charge in [-0.25, -0.2) is 0 Å². The second-order valence-corrected chi connectivity index (χ2v) is 7.25. The molecule has 2 fully saturated rings. The molecule has 1 amide bonds. The van der Waals surface area contributed by atoms with Gasteiger partial charge < -0.3 is 15.0 Å². The Morgan fingerprint density at radius 2 is 2.00 bits per heavy atom. The Labute approximate surface area is 135 Å². The molecule has 5 nitrogen and oxygen atoms in total. The molecule has 128 valence electrons. The van der Waals surface area contributed by atoms with Crippen molar-refractivity contribution in [2.75, 3.05) is 60.0 Å². The first kappa shape index (κ1) is 17.7. The Kier molecular flexibility index (Phi) is 7.63. The lowest BCUT2D eigenvalue weighted by atomic mass is 9.89. The molecule has 1 aliphatic heterocycles. The van der Waals surface area contributed by atoms with Crippen molar-refractivity contribution in [3.05, 3.63) is 0 Å². The molecule has 1 saturated heterocycles. The minimum Gasteiger partial charge on any atom is -0.380 e. The maximum atomic E-state index is 12.2. The summed E-state index contributed by atoms with van der Waals surface area (Å²) in [5.74, 6) is 1.37. The molecule has 0 radical (unpaired) electrons. The van der Waals surface area contributed by atoms with Crippen molar-refractivity contribution in [2.45, 2.75) is 32.1 Å². The Morgan fingerprint density at radius 1 is 1.23 bits per heavy atom. The summed E-state index contributed by atoms with van der Waals surface area (Å²) in [6, 6.07) is 0. The normalized spacial score (nSPS) is 25.1. The first-order chi connectivity index (χ1) is 10.6. The quantitative estimate of drug-likeness (QED) is 0.800. The fraction of sp³-hybridized carbons (Fsp3) is 0.941. The lowest BCUT2D eigenvalue weighted by Gasteiger charge is -2.26. The second-order valence-electron chi connectivity index (χ2n) is 7.25. The molecule has 0 aromatic rings. The van der Waals surface area contributed by atoms with Crippen molar-refractivity contribution < 1.29 is 9.53 Å². The fourth-order valence-corrected chi connectivity index (χ4v) is 3.63. The number of nitrogens with one attached hydrogen (secondary N) is 1. The highest BCUT2D eigenvalue weighted by molar-refractivity contribution is 5.78. The van der Waals surface area contributed by atoms with Crippen LogP contribution in [0.3, 0.4) is 0 Å². The molecule has 0 aromatic carbocycles. The maximum Gasteiger partial charge on any atom is 0.234 e. The van der Waals surface area contributed by atoms with Crippen LogP contribution in [-0.2, 0) is 9.53 Å². The summed E-state index contributed by atoms with van der Waals surface area (Å²) in [5.41, 5.74) is 0. The second kappa shape index (κ2) is 9.48. The topological polar surface area (TPSA) is 44.8 Å². The van der Waals surface area contributed by atoms with E-state index in [2.05, 4.69) is 29.2 Å². The van der Waals surface area contributed by atoms with Crippen LogP contribution in [0, 0.1) is 11.8 Å². The van der Waals surface area contributed by atoms with Crippen LogP contribution in [0.5, 0.6) is 0 Å². The molecule has 1 saturated carbocycles. The summed E-state index contributed by atoms with van der Waals surface area (Å²) in [7, 11) is 4.18. The van der Waals surface area contributed by atoms with Crippen LogP contribution in [0.15, 0.2) is 0 Å². The predicted octanol–water partition coefficient (Wildman–Crippen LogP) is 1.19. The number of hydrogen-bond donors (Lipinski definition) is 1. The third kappa shape index (κ3) is 6.63. The van der Waals surface area contributed by atoms with Crippen LogP contribution in [-0.4, -0.2) is 75.7 Å². The van der Waals surface area contributed by atoms with Crippen molar-refractivity contribution in [2.24, 2.45) is 11.8 Å². The van der Waals surface area contributed by atoms with E-state index in [1.807, 2.05) is 0 Å². The molecule has 0 bridgehead atoms. The molecular formula is C17H33N3O2. The van der Waals surface area contributed by atoms with Gasteiger partial charge in [0.1, 0.15) is 0 Å². The van der Waals surface area contributed by atoms with E-state index in [1.165, 1.54) is 32.1 Å². The molecule has 2 aliphatic rings. The molecule has 5 heteroatoms. The predicted molar refractivity (Wildman–Crippen MR) is 88.9 cm³/mol. The number of carbonyl (C=O) groups is 1. The summed E-state index contributed by atoms with van der Waals surface area (Å²) >= 11 is 0. The van der Waals surface area contributed by atoms with Gasteiger partial charge in [-0.05, 0) is 32.9 Å². The first-order valence-corrected chi connectivity index (χ1v) is 8.85. The number of rotatable bonds is 6. The largest absolute Gasteiger partial charge is 0.380 e. The van der Waals surface area contributed by atoms with E-state index in [0.717, 1.165) is 39.4 Å². The highest BCUT2D eigenvalue weighted by atomic mass is 16.5. The molecule has 1 unspecified atom stereocenters. The fourth-order valence-electron chi connectivity index (χ4n) is 3.63. The summed E-state index contributed by atoms with van der Waals surface area (Å²) in [5, 5.41) is 3.14. The number of amides is 1. The van der Waals surface area contributed by atoms with Crippen LogP contribution in [0.2, 0.25) is 0 Å². The summed E-state index contributed by atoms with van der Waals surface area (Å²) in [6.07, 6.45) is 6.59. The third-order valence-electron chi connectivity index (χ3n) is 4.73. The zero-order valence-corrected chi connectivity index (χ0v) is 14.4. The molecule has 1 aliphatic carbocycles. The van der Waals surface area contributed by atoms with E-state index in [4.69, 9.17) is 4.74 Å². The highest BCUT2D eigenvalue weighted by Crippen LogP contribution is 2.22. The first-order valence-electron chi connectivity index (χ1n) is 8.85. The molecule has 1 heterocycles. The average Bonchev–Trinajstić information content (AvgIpc) is 2.70. The molecular weight excluding hydrogens is 278 g/mol. The van der Waals surface area contributed by atoms with Crippen molar-refractivity contribution in [1.82, 2.24) is 15.1 Å². The van der Waals surface area contributed by atoms with E-state index in [1.54, 1.807) is 0 Å². The van der Waals surface area contributed by atoms with Crippen LogP contribution in [0.4, 0.5) is 0 Å². The lowest BCUT2D eigenvalue weighted by molar-refractivity contribution is -0.122. The molecule has 1 N–H and O–H groups in total. The summed E-state index contributed by atoms with van der Waals surface area (Å²) in [6.45, 7) is 5.75.